The fourth-order valence-corrected chi connectivity index (χ4v) is 4.54. The Kier molecular flexibility index (Phi) is 8.38. The second-order valence-corrected chi connectivity index (χ2v) is 8.89. The number of allylic oxidation sites excluding steroid dienone is 4. The predicted molar refractivity (Wildman–Crippen MR) is 145 cm³/mol. The molecule has 0 bridgehead atoms. The molecular formula is C26H21BrF3N5O5. The smallest absolute Gasteiger partial charge is 0.337 e. The van der Waals surface area contributed by atoms with Gasteiger partial charge in [0.2, 0.25) is 0 Å². The zero-order valence-electron chi connectivity index (χ0n) is 21.1. The van der Waals surface area contributed by atoms with Crippen LogP contribution in [0.2, 0.25) is 0 Å². The van der Waals surface area contributed by atoms with Gasteiger partial charge in [0.15, 0.2) is 28.9 Å². The van der Waals surface area contributed by atoms with E-state index in [9.17, 15) is 28.5 Å². The second kappa shape index (κ2) is 11.7. The van der Waals surface area contributed by atoms with E-state index in [-0.39, 0.29) is 39.2 Å². The molecule has 2 aromatic heterocycles. The van der Waals surface area contributed by atoms with Crippen molar-refractivity contribution in [1.82, 2.24) is 18.9 Å². The quantitative estimate of drug-likeness (QED) is 0.107. The molecule has 0 saturated carbocycles. The molecule has 0 aliphatic carbocycles. The molecule has 4 aromatic rings. The van der Waals surface area contributed by atoms with Crippen LogP contribution in [0.4, 0.5) is 18.9 Å². The third-order valence-electron chi connectivity index (χ3n) is 5.95. The van der Waals surface area contributed by atoms with E-state index in [1.807, 2.05) is 0 Å². The Hall–Kier alpha value is -4.46. The average molecular weight is 620 g/mol. The van der Waals surface area contributed by atoms with Crippen LogP contribution in [0.5, 0.6) is 5.75 Å². The summed E-state index contributed by atoms with van der Waals surface area (Å²) in [5.74, 6) is -3.83. The third-order valence-corrected chi connectivity index (χ3v) is 6.48. The number of benzene rings is 2. The Bertz CT molecular complexity index is 1790. The van der Waals surface area contributed by atoms with E-state index in [2.05, 4.69) is 21.0 Å². The summed E-state index contributed by atoms with van der Waals surface area (Å²) in [6, 6.07) is 8.99. The molecule has 0 amide bonds. The van der Waals surface area contributed by atoms with Gasteiger partial charge in [-0.2, -0.15) is 0 Å². The average Bonchev–Trinajstić information content (AvgIpc) is 3.34. The first-order valence-corrected chi connectivity index (χ1v) is 12.9. The molecule has 2 heterocycles. The lowest BCUT2D eigenvalue weighted by Crippen LogP contribution is -2.39. The second-order valence-electron chi connectivity index (χ2n) is 8.33. The number of ether oxygens (including phenoxy) is 1. The first kappa shape index (κ1) is 28.5. The van der Waals surface area contributed by atoms with Gasteiger partial charge in [-0.25, -0.2) is 27.2 Å². The monoisotopic (exact) mass is 619 g/mol. The summed E-state index contributed by atoms with van der Waals surface area (Å²) in [5.41, 5.74) is -2.66. The van der Waals surface area contributed by atoms with Crippen LogP contribution in [-0.2, 0) is 11.9 Å². The van der Waals surface area contributed by atoms with Gasteiger partial charge in [-0.15, -0.1) is 5.10 Å². The van der Waals surface area contributed by atoms with Gasteiger partial charge < -0.3 is 4.74 Å². The lowest BCUT2D eigenvalue weighted by Gasteiger charge is -2.13. The van der Waals surface area contributed by atoms with Gasteiger partial charge in [-0.1, -0.05) is 35.0 Å². The van der Waals surface area contributed by atoms with E-state index >= 15 is 4.39 Å². The van der Waals surface area contributed by atoms with Crippen molar-refractivity contribution in [2.45, 2.75) is 25.2 Å². The number of hydrogen-bond acceptors (Lipinski definition) is 6. The van der Waals surface area contributed by atoms with Gasteiger partial charge in [0.25, 0.3) is 11.2 Å². The van der Waals surface area contributed by atoms with Crippen LogP contribution >= 0.6 is 15.9 Å². The number of methoxy groups -OCH3 is 1. The Morgan fingerprint density at radius 1 is 1.18 bits per heavy atom. The van der Waals surface area contributed by atoms with Gasteiger partial charge in [-0.3, -0.25) is 19.5 Å². The van der Waals surface area contributed by atoms with Crippen molar-refractivity contribution in [3.8, 4) is 17.1 Å². The summed E-state index contributed by atoms with van der Waals surface area (Å²) in [7, 11) is 1.20. The number of nitro groups is 1. The highest BCUT2D eigenvalue weighted by molar-refractivity contribution is 9.08. The van der Waals surface area contributed by atoms with E-state index < -0.39 is 45.9 Å². The topological polar surface area (TPSA) is 114 Å². The molecule has 0 N–H and O–H groups in total. The molecule has 208 valence electrons. The van der Waals surface area contributed by atoms with Gasteiger partial charge >= 0.3 is 5.69 Å². The van der Waals surface area contributed by atoms with E-state index in [0.717, 1.165) is 10.6 Å². The van der Waals surface area contributed by atoms with Crippen LogP contribution in [0.1, 0.15) is 19.0 Å². The number of rotatable bonds is 9. The number of alkyl halides is 1. The van der Waals surface area contributed by atoms with Crippen LogP contribution in [0.25, 0.3) is 22.4 Å². The van der Waals surface area contributed by atoms with Crippen molar-refractivity contribution in [3.05, 3.63) is 109 Å². The van der Waals surface area contributed by atoms with E-state index in [1.54, 1.807) is 6.92 Å². The van der Waals surface area contributed by atoms with Gasteiger partial charge in [0.05, 0.1) is 35.6 Å². The third kappa shape index (κ3) is 5.09. The molecule has 0 aliphatic rings. The zero-order chi connectivity index (χ0) is 29.1. The summed E-state index contributed by atoms with van der Waals surface area (Å²) >= 11 is 3.29. The van der Waals surface area contributed by atoms with Crippen molar-refractivity contribution in [3.63, 3.8) is 0 Å². The molecule has 4 rings (SSSR count). The molecule has 40 heavy (non-hydrogen) atoms. The SMILES string of the molecule is CC/C=C\C(F)=C(/F)Cn1c(=O)n(-c2cccc(OC)c2F)c(=O)c2c(CBr)n(-c3ccc([N+](=O)[O-])cc3)nc21. The van der Waals surface area contributed by atoms with E-state index in [4.69, 9.17) is 4.74 Å². The summed E-state index contributed by atoms with van der Waals surface area (Å²) in [5, 5.41) is 15.2. The number of nitro benzene ring substituents is 1. The Morgan fingerprint density at radius 2 is 1.88 bits per heavy atom. The van der Waals surface area contributed by atoms with Gasteiger partial charge in [-0.05, 0) is 36.8 Å². The van der Waals surface area contributed by atoms with Crippen molar-refractivity contribution in [2.24, 2.45) is 0 Å². The van der Waals surface area contributed by atoms with Crippen molar-refractivity contribution in [2.75, 3.05) is 7.11 Å². The highest BCUT2D eigenvalue weighted by Gasteiger charge is 2.26. The normalized spacial score (nSPS) is 12.2. The summed E-state index contributed by atoms with van der Waals surface area (Å²) in [4.78, 5) is 37.9. The van der Waals surface area contributed by atoms with Gasteiger partial charge in [0.1, 0.15) is 5.39 Å². The minimum absolute atomic E-state index is 0.0134. The summed E-state index contributed by atoms with van der Waals surface area (Å²) in [6.45, 7) is 0.765. The number of non-ortho nitro benzene ring substituents is 1. The van der Waals surface area contributed by atoms with Crippen LogP contribution in [-0.4, -0.2) is 30.9 Å². The molecule has 0 fully saturated rings. The van der Waals surface area contributed by atoms with E-state index in [0.29, 0.717) is 11.0 Å². The minimum atomic E-state index is -1.32. The molecule has 10 nitrogen and oxygen atoms in total. The number of aromatic nitrogens is 4. The largest absolute Gasteiger partial charge is 0.494 e. The standard InChI is InChI=1S/C26H21BrF3N5O5/c1-3-4-6-17(28)18(29)14-32-24-22(20(13-27)34(31-24)15-9-11-16(12-10-15)35(38)39)25(36)33(26(32)37)19-7-5-8-21(40-2)23(19)30/h4-12H,3,13-14H2,1-2H3/b6-4-,18-17+. The molecule has 0 spiro atoms. The van der Waals surface area contributed by atoms with Crippen LogP contribution in [0.15, 0.2) is 75.9 Å². The molecule has 0 atom stereocenters. The van der Waals surface area contributed by atoms with Crippen LogP contribution in [0.3, 0.4) is 0 Å². The fourth-order valence-electron chi connectivity index (χ4n) is 4.02. The summed E-state index contributed by atoms with van der Waals surface area (Å²) < 4.78 is 52.1. The molecule has 14 heteroatoms. The Balaban J connectivity index is 2.11. The Labute approximate surface area is 232 Å². The lowest BCUT2D eigenvalue weighted by atomic mass is 10.2. The number of hydrogen-bond donors (Lipinski definition) is 0. The zero-order valence-corrected chi connectivity index (χ0v) is 22.7. The van der Waals surface area contributed by atoms with E-state index in [1.165, 1.54) is 60.3 Å². The maximum absolute atomic E-state index is 15.3. The molecule has 0 unspecified atom stereocenters. The first-order valence-electron chi connectivity index (χ1n) is 11.8. The maximum Gasteiger partial charge on any atom is 0.337 e. The van der Waals surface area contributed by atoms with Crippen molar-refractivity contribution >= 4 is 32.7 Å². The lowest BCUT2D eigenvalue weighted by molar-refractivity contribution is -0.384. The Morgan fingerprint density at radius 3 is 2.48 bits per heavy atom. The number of fused-ring (bicyclic) bond motifs is 1. The first-order chi connectivity index (χ1) is 19.1. The maximum atomic E-state index is 15.3. The molecule has 0 saturated heterocycles. The highest BCUT2D eigenvalue weighted by Crippen LogP contribution is 2.26. The van der Waals surface area contributed by atoms with Crippen LogP contribution < -0.4 is 16.0 Å². The molecule has 0 aliphatic heterocycles. The fraction of sp³-hybridized carbons (Fsp3) is 0.192. The number of nitrogens with zero attached hydrogens (tertiary/aromatic N) is 5. The molecule has 2 aromatic carbocycles. The molecule has 0 radical (unpaired) electrons. The summed E-state index contributed by atoms with van der Waals surface area (Å²) in [6.07, 6.45) is 2.72. The molecular weight excluding hydrogens is 599 g/mol. The van der Waals surface area contributed by atoms with Crippen molar-refractivity contribution in [1.29, 1.82) is 0 Å². The van der Waals surface area contributed by atoms with Crippen LogP contribution in [0, 0.1) is 15.9 Å². The number of halogens is 4. The van der Waals surface area contributed by atoms with Crippen molar-refractivity contribution < 1.29 is 22.8 Å². The highest BCUT2D eigenvalue weighted by atomic mass is 79.9. The van der Waals surface area contributed by atoms with Gasteiger partial charge in [0, 0.05) is 17.5 Å². The minimum Gasteiger partial charge on any atom is -0.494 e. The predicted octanol–water partition coefficient (Wildman–Crippen LogP) is 5.41.